The zero-order chi connectivity index (χ0) is 55.0. The van der Waals surface area contributed by atoms with Gasteiger partial charge in [0.2, 0.25) is 5.91 Å². The van der Waals surface area contributed by atoms with Gasteiger partial charge in [0, 0.05) is 12.8 Å². The highest BCUT2D eigenvalue weighted by Gasteiger charge is 2.18. The number of esters is 1. The van der Waals surface area contributed by atoms with Crippen LogP contribution < -0.4 is 5.32 Å². The molecule has 0 saturated heterocycles. The van der Waals surface area contributed by atoms with Crippen molar-refractivity contribution >= 4 is 11.9 Å². The van der Waals surface area contributed by atoms with Gasteiger partial charge in [0.1, 0.15) is 0 Å². The van der Waals surface area contributed by atoms with Gasteiger partial charge in [-0.3, -0.25) is 9.59 Å². The third kappa shape index (κ3) is 61.0. The summed E-state index contributed by atoms with van der Waals surface area (Å²) in [6.07, 6.45) is 84.7. The first-order chi connectivity index (χ1) is 37.5. The van der Waals surface area contributed by atoms with Gasteiger partial charge in [-0.1, -0.05) is 319 Å². The van der Waals surface area contributed by atoms with Crippen LogP contribution in [0.4, 0.5) is 0 Å². The van der Waals surface area contributed by atoms with Crippen molar-refractivity contribution in [1.82, 2.24) is 5.32 Å². The number of unbranched alkanes of at least 4 members (excludes halogenated alkanes) is 46. The highest BCUT2D eigenvalue weighted by atomic mass is 16.5. The standard InChI is InChI=1S/C70H131NO5/c1-3-5-7-9-11-13-15-17-19-20-21-22-23-24-26-29-32-35-38-42-46-50-54-58-62-68(73)67(66-72)71-69(74)63-59-55-51-47-43-39-36-33-30-27-25-28-31-34-37-41-45-49-53-57-61-65-76-70(75)64-60-56-52-48-44-40-18-16-14-12-10-8-6-4-2/h16,18,41,45,53,57-58,62,67-68,72-73H,3-15,17,19-40,42-44,46-52,54-56,59-61,63-66H2,1-2H3,(H,71,74)/b18-16-,45-41-,57-53-,62-58+. The zero-order valence-corrected chi connectivity index (χ0v) is 51.0. The number of allylic oxidation sites excluding steroid dienone is 6. The molecule has 0 aromatic rings. The number of hydrogen-bond acceptors (Lipinski definition) is 5. The number of nitrogens with one attached hydrogen (secondary N) is 1. The lowest BCUT2D eigenvalue weighted by molar-refractivity contribution is -0.143. The van der Waals surface area contributed by atoms with Crippen LogP contribution in [0.15, 0.2) is 48.6 Å². The lowest BCUT2D eigenvalue weighted by Gasteiger charge is -2.20. The number of hydrogen-bond donors (Lipinski definition) is 3. The number of amides is 1. The molecule has 0 radical (unpaired) electrons. The smallest absolute Gasteiger partial charge is 0.305 e. The first-order valence-electron chi connectivity index (χ1n) is 33.9. The van der Waals surface area contributed by atoms with Crippen molar-refractivity contribution in [3.63, 3.8) is 0 Å². The third-order valence-corrected chi connectivity index (χ3v) is 15.6. The van der Waals surface area contributed by atoms with Crippen molar-refractivity contribution < 1.29 is 24.5 Å². The summed E-state index contributed by atoms with van der Waals surface area (Å²) in [7, 11) is 0. The van der Waals surface area contributed by atoms with Crippen molar-refractivity contribution in [2.45, 2.75) is 373 Å². The number of carbonyl (C=O) groups is 2. The van der Waals surface area contributed by atoms with E-state index in [9.17, 15) is 19.8 Å². The first kappa shape index (κ1) is 73.8. The molecule has 0 rings (SSSR count). The van der Waals surface area contributed by atoms with Gasteiger partial charge in [0.15, 0.2) is 0 Å². The van der Waals surface area contributed by atoms with E-state index < -0.39 is 12.1 Å². The maximum absolute atomic E-state index is 12.5. The molecule has 2 atom stereocenters. The fourth-order valence-corrected chi connectivity index (χ4v) is 10.4. The van der Waals surface area contributed by atoms with E-state index in [2.05, 4.69) is 55.6 Å². The maximum Gasteiger partial charge on any atom is 0.305 e. The Balaban J connectivity index is 3.48. The second kappa shape index (κ2) is 65.3. The Morgan fingerprint density at radius 2 is 0.658 bits per heavy atom. The van der Waals surface area contributed by atoms with Gasteiger partial charge in [-0.2, -0.15) is 0 Å². The predicted molar refractivity (Wildman–Crippen MR) is 333 cm³/mol. The molecule has 0 saturated carbocycles. The van der Waals surface area contributed by atoms with Crippen LogP contribution in [0.2, 0.25) is 0 Å². The molecule has 0 aliphatic carbocycles. The summed E-state index contributed by atoms with van der Waals surface area (Å²) in [5, 5.41) is 23.3. The topological polar surface area (TPSA) is 95.9 Å². The summed E-state index contributed by atoms with van der Waals surface area (Å²) in [6.45, 7) is 4.81. The molecule has 2 unspecified atom stereocenters. The summed E-state index contributed by atoms with van der Waals surface area (Å²) in [6, 6.07) is -0.634. The minimum atomic E-state index is -0.850. The summed E-state index contributed by atoms with van der Waals surface area (Å²) in [5.74, 6) is -0.114. The van der Waals surface area contributed by atoms with E-state index in [1.807, 2.05) is 6.08 Å². The third-order valence-electron chi connectivity index (χ3n) is 15.6. The lowest BCUT2D eigenvalue weighted by atomic mass is 10.0. The Hall–Kier alpha value is -2.18. The molecule has 0 bridgehead atoms. The van der Waals surface area contributed by atoms with Crippen LogP contribution in [0, 0.1) is 0 Å². The molecule has 446 valence electrons. The summed E-state index contributed by atoms with van der Waals surface area (Å²) >= 11 is 0. The Morgan fingerprint density at radius 1 is 0.368 bits per heavy atom. The molecule has 0 aromatic heterocycles. The van der Waals surface area contributed by atoms with Crippen LogP contribution in [-0.4, -0.2) is 47.4 Å². The van der Waals surface area contributed by atoms with Crippen LogP contribution in [0.3, 0.4) is 0 Å². The van der Waals surface area contributed by atoms with E-state index in [1.165, 1.54) is 283 Å². The summed E-state index contributed by atoms with van der Waals surface area (Å²) in [5.41, 5.74) is 0. The van der Waals surface area contributed by atoms with E-state index in [-0.39, 0.29) is 18.5 Å². The number of aliphatic hydroxyl groups is 2. The molecule has 1 amide bonds. The molecule has 0 spiro atoms. The minimum absolute atomic E-state index is 0.0442. The molecule has 0 fully saturated rings. The monoisotopic (exact) mass is 1070 g/mol. The van der Waals surface area contributed by atoms with Gasteiger partial charge in [-0.05, 0) is 77.0 Å². The Labute approximate surface area is 474 Å². The van der Waals surface area contributed by atoms with E-state index in [4.69, 9.17) is 4.74 Å². The minimum Gasteiger partial charge on any atom is -0.465 e. The van der Waals surface area contributed by atoms with Gasteiger partial charge >= 0.3 is 5.97 Å². The molecule has 76 heavy (non-hydrogen) atoms. The van der Waals surface area contributed by atoms with Gasteiger partial charge in [0.05, 0.1) is 25.4 Å². The molecule has 6 heteroatoms. The van der Waals surface area contributed by atoms with Crippen LogP contribution in [-0.2, 0) is 14.3 Å². The Morgan fingerprint density at radius 3 is 1.01 bits per heavy atom. The van der Waals surface area contributed by atoms with Gasteiger partial charge in [-0.15, -0.1) is 0 Å². The van der Waals surface area contributed by atoms with Crippen LogP contribution >= 0.6 is 0 Å². The molecular formula is C70H131NO5. The summed E-state index contributed by atoms with van der Waals surface area (Å²) in [4.78, 5) is 24.5. The van der Waals surface area contributed by atoms with Gasteiger partial charge < -0.3 is 20.3 Å². The predicted octanol–water partition coefficient (Wildman–Crippen LogP) is 21.7. The Kier molecular flexibility index (Phi) is 63.5. The SMILES string of the molecule is CCCCCCC/C=C\CCCCCCCC(=O)OCC/C=C\C/C=C\CCCCCCCCCCCCCCCCC(=O)NC(CO)C(O)/C=C/CCCCCCCCCCCCCCCCCCCCCCCC. The average Bonchev–Trinajstić information content (AvgIpc) is 3.42. The largest absolute Gasteiger partial charge is 0.465 e. The molecule has 0 aliphatic rings. The molecule has 0 heterocycles. The highest BCUT2D eigenvalue weighted by molar-refractivity contribution is 5.76. The molecule has 0 aliphatic heterocycles. The van der Waals surface area contributed by atoms with Crippen molar-refractivity contribution in [2.24, 2.45) is 0 Å². The van der Waals surface area contributed by atoms with Crippen molar-refractivity contribution in [3.8, 4) is 0 Å². The number of ether oxygens (including phenoxy) is 1. The quantitative estimate of drug-likeness (QED) is 0.0320. The van der Waals surface area contributed by atoms with Crippen LogP contribution in [0.5, 0.6) is 0 Å². The number of rotatable bonds is 63. The van der Waals surface area contributed by atoms with E-state index in [1.54, 1.807) is 6.08 Å². The normalized spacial score (nSPS) is 12.8. The number of carbonyl (C=O) groups excluding carboxylic acids is 2. The molecule has 6 nitrogen and oxygen atoms in total. The average molecular weight is 1070 g/mol. The Bertz CT molecular complexity index is 1270. The van der Waals surface area contributed by atoms with Gasteiger partial charge in [-0.25, -0.2) is 0 Å². The van der Waals surface area contributed by atoms with Crippen molar-refractivity contribution in [2.75, 3.05) is 13.2 Å². The highest BCUT2D eigenvalue weighted by Crippen LogP contribution is 2.18. The van der Waals surface area contributed by atoms with Crippen LogP contribution in [0.25, 0.3) is 0 Å². The second-order valence-corrected chi connectivity index (χ2v) is 23.1. The second-order valence-electron chi connectivity index (χ2n) is 23.1. The van der Waals surface area contributed by atoms with E-state index in [0.717, 1.165) is 51.4 Å². The first-order valence-corrected chi connectivity index (χ1v) is 33.9. The molecule has 0 aromatic carbocycles. The van der Waals surface area contributed by atoms with Crippen molar-refractivity contribution in [1.29, 1.82) is 0 Å². The maximum atomic E-state index is 12.5. The molecular weight excluding hydrogens is 935 g/mol. The van der Waals surface area contributed by atoms with E-state index >= 15 is 0 Å². The summed E-state index contributed by atoms with van der Waals surface area (Å²) < 4.78 is 5.41. The van der Waals surface area contributed by atoms with E-state index in [0.29, 0.717) is 19.4 Å². The fraction of sp³-hybridized carbons (Fsp3) is 0.857. The fourth-order valence-electron chi connectivity index (χ4n) is 10.4. The zero-order valence-electron chi connectivity index (χ0n) is 51.0. The van der Waals surface area contributed by atoms with Crippen LogP contribution in [0.1, 0.15) is 361 Å². The van der Waals surface area contributed by atoms with Crippen molar-refractivity contribution in [3.05, 3.63) is 48.6 Å². The molecule has 3 N–H and O–H groups in total. The lowest BCUT2D eigenvalue weighted by Crippen LogP contribution is -2.45. The number of aliphatic hydroxyl groups excluding tert-OH is 2. The van der Waals surface area contributed by atoms with Gasteiger partial charge in [0.25, 0.3) is 0 Å².